The predicted molar refractivity (Wildman–Crippen MR) is 258 cm³/mol. The summed E-state index contributed by atoms with van der Waals surface area (Å²) in [6.45, 7) is 0. The smallest absolute Gasteiger partial charge is 0.0547 e. The van der Waals surface area contributed by atoms with Crippen molar-refractivity contribution in [1.29, 1.82) is 0 Å². The Morgan fingerprint density at radius 1 is 0.295 bits per heavy atom. The van der Waals surface area contributed by atoms with Crippen molar-refractivity contribution in [3.63, 3.8) is 0 Å². The van der Waals surface area contributed by atoms with Crippen LogP contribution in [0.15, 0.2) is 237 Å². The maximum absolute atomic E-state index is 2.45. The highest BCUT2D eigenvalue weighted by Crippen LogP contribution is 2.53. The summed E-state index contributed by atoms with van der Waals surface area (Å²) in [7, 11) is 0. The normalized spacial score (nSPS) is 11.9. The van der Waals surface area contributed by atoms with E-state index in [9.17, 15) is 0 Å². The summed E-state index contributed by atoms with van der Waals surface area (Å²) in [6.07, 6.45) is 0. The molecule has 12 rings (SSSR count). The largest absolute Gasteiger partial charge is 0.311 e. The summed E-state index contributed by atoms with van der Waals surface area (Å²) in [6, 6.07) is 85.8. The molecule has 0 bridgehead atoms. The van der Waals surface area contributed by atoms with Gasteiger partial charge in [-0.25, -0.2) is 0 Å². The Labute approximate surface area is 355 Å². The Kier molecular flexibility index (Phi) is 8.17. The molecule has 11 aromatic rings. The Morgan fingerprint density at radius 2 is 0.885 bits per heavy atom. The maximum atomic E-state index is 2.45. The Balaban J connectivity index is 0.974. The van der Waals surface area contributed by atoms with Crippen LogP contribution in [-0.4, -0.2) is 4.57 Å². The minimum atomic E-state index is 1.11. The van der Waals surface area contributed by atoms with Gasteiger partial charge in [0, 0.05) is 50.2 Å². The molecule has 61 heavy (non-hydrogen) atoms. The SMILES string of the molecule is c1ccc(N(c2ccccc2)c2ccc(-c3cccc(N4c5ccccc5-c5cccc6c(-c7ccc8c9ccccc9n(-c9ccccc9)c8c7)ccc4c56)c3)cc2)cc1. The third-order valence-corrected chi connectivity index (χ3v) is 12.3. The zero-order chi connectivity index (χ0) is 40.3. The third-order valence-electron chi connectivity index (χ3n) is 12.3. The molecule has 286 valence electrons. The van der Waals surface area contributed by atoms with Crippen LogP contribution in [0.25, 0.3) is 71.6 Å². The second-order valence-electron chi connectivity index (χ2n) is 15.7. The predicted octanol–water partition coefficient (Wildman–Crippen LogP) is 16.2. The molecule has 0 radical (unpaired) electrons. The van der Waals surface area contributed by atoms with Crippen molar-refractivity contribution in [3.05, 3.63) is 237 Å². The van der Waals surface area contributed by atoms with Crippen LogP contribution in [0.5, 0.6) is 0 Å². The van der Waals surface area contributed by atoms with Gasteiger partial charge in [0.2, 0.25) is 0 Å². The first-order valence-electron chi connectivity index (χ1n) is 20.9. The fourth-order valence-corrected chi connectivity index (χ4v) is 9.58. The highest BCUT2D eigenvalue weighted by Gasteiger charge is 2.27. The zero-order valence-corrected chi connectivity index (χ0v) is 33.4. The number of fused-ring (bicyclic) bond motifs is 5. The standard InChI is InChI=1S/C58H39N3/c1-4-17-43(18-5-1)59(44-19-6-2-7-20-44)46-33-30-40(31-34-46)41-16-14-23-47(38-41)61-55-29-13-11-25-50(55)53-27-15-26-52-48(36-37-56(61)58(52)53)42-32-35-51-49-24-10-12-28-54(49)60(57(51)39-42)45-21-8-3-9-22-45/h1-39H. The lowest BCUT2D eigenvalue weighted by molar-refractivity contribution is 1.18. The van der Waals surface area contributed by atoms with Crippen LogP contribution >= 0.6 is 0 Å². The van der Waals surface area contributed by atoms with Gasteiger partial charge in [0.15, 0.2) is 0 Å². The van der Waals surface area contributed by atoms with Gasteiger partial charge < -0.3 is 14.4 Å². The number of benzene rings is 10. The highest BCUT2D eigenvalue weighted by molar-refractivity contribution is 6.18. The van der Waals surface area contributed by atoms with Crippen molar-refractivity contribution in [2.24, 2.45) is 0 Å². The first-order chi connectivity index (χ1) is 30.3. The molecule has 0 N–H and O–H groups in total. The molecule has 1 aliphatic rings. The Morgan fingerprint density at radius 3 is 1.67 bits per heavy atom. The van der Waals surface area contributed by atoms with Crippen LogP contribution in [0.2, 0.25) is 0 Å². The molecule has 1 aliphatic heterocycles. The zero-order valence-electron chi connectivity index (χ0n) is 33.4. The number of aromatic nitrogens is 1. The van der Waals surface area contributed by atoms with E-state index in [4.69, 9.17) is 0 Å². The first-order valence-corrected chi connectivity index (χ1v) is 20.9. The third kappa shape index (κ3) is 5.74. The van der Waals surface area contributed by atoms with Crippen molar-refractivity contribution in [3.8, 4) is 39.1 Å². The lowest BCUT2D eigenvalue weighted by Crippen LogP contribution is -2.15. The number of para-hydroxylation sites is 5. The van der Waals surface area contributed by atoms with Gasteiger partial charge >= 0.3 is 0 Å². The van der Waals surface area contributed by atoms with Crippen LogP contribution in [0, 0.1) is 0 Å². The summed E-state index contributed by atoms with van der Waals surface area (Å²) in [5, 5.41) is 5.02. The summed E-state index contributed by atoms with van der Waals surface area (Å²) < 4.78 is 2.40. The highest BCUT2D eigenvalue weighted by atomic mass is 15.2. The lowest BCUT2D eigenvalue weighted by atomic mass is 9.87. The minimum Gasteiger partial charge on any atom is -0.311 e. The first kappa shape index (κ1) is 34.9. The van der Waals surface area contributed by atoms with E-state index in [2.05, 4.69) is 251 Å². The van der Waals surface area contributed by atoms with Gasteiger partial charge in [-0.1, -0.05) is 152 Å². The van der Waals surface area contributed by atoms with Crippen molar-refractivity contribution >= 4 is 66.7 Å². The van der Waals surface area contributed by atoms with Crippen LogP contribution in [-0.2, 0) is 0 Å². The number of hydrogen-bond acceptors (Lipinski definition) is 2. The van der Waals surface area contributed by atoms with E-state index in [1.165, 1.54) is 77.3 Å². The molecule has 0 saturated heterocycles. The van der Waals surface area contributed by atoms with Crippen LogP contribution < -0.4 is 9.80 Å². The van der Waals surface area contributed by atoms with E-state index in [-0.39, 0.29) is 0 Å². The molecule has 2 heterocycles. The van der Waals surface area contributed by atoms with Gasteiger partial charge in [-0.15, -0.1) is 0 Å². The Bertz CT molecular complexity index is 3370. The summed E-state index contributed by atoms with van der Waals surface area (Å²) >= 11 is 0. The molecular weight excluding hydrogens is 739 g/mol. The average molecular weight is 778 g/mol. The van der Waals surface area contributed by atoms with Gasteiger partial charge in [0.1, 0.15) is 0 Å². The number of rotatable bonds is 7. The monoisotopic (exact) mass is 777 g/mol. The molecule has 0 unspecified atom stereocenters. The maximum Gasteiger partial charge on any atom is 0.0547 e. The molecule has 0 saturated carbocycles. The van der Waals surface area contributed by atoms with E-state index >= 15 is 0 Å². The molecule has 0 fully saturated rings. The quantitative estimate of drug-likeness (QED) is 0.160. The average Bonchev–Trinajstić information content (AvgIpc) is 3.67. The van der Waals surface area contributed by atoms with Crippen molar-refractivity contribution < 1.29 is 0 Å². The molecule has 0 amide bonds. The van der Waals surface area contributed by atoms with Crippen molar-refractivity contribution in [1.82, 2.24) is 4.57 Å². The molecular formula is C58H39N3. The Hall–Kier alpha value is -8.14. The molecule has 10 aromatic carbocycles. The van der Waals surface area contributed by atoms with Crippen molar-refractivity contribution in [2.45, 2.75) is 0 Å². The van der Waals surface area contributed by atoms with E-state index in [0.29, 0.717) is 0 Å². The van der Waals surface area contributed by atoms with Gasteiger partial charge in [0.05, 0.1) is 22.4 Å². The summed E-state index contributed by atoms with van der Waals surface area (Å²) in [5.74, 6) is 0. The van der Waals surface area contributed by atoms with E-state index < -0.39 is 0 Å². The number of hydrogen-bond donors (Lipinski definition) is 0. The number of anilines is 6. The van der Waals surface area contributed by atoms with E-state index in [0.717, 1.165) is 28.4 Å². The van der Waals surface area contributed by atoms with Crippen LogP contribution in [0.1, 0.15) is 0 Å². The summed E-state index contributed by atoms with van der Waals surface area (Å²) in [5.41, 5.74) is 17.7. The molecule has 0 aliphatic carbocycles. The molecule has 3 heteroatoms. The van der Waals surface area contributed by atoms with Crippen LogP contribution in [0.4, 0.5) is 34.1 Å². The summed E-state index contributed by atoms with van der Waals surface area (Å²) in [4.78, 5) is 4.76. The molecule has 0 spiro atoms. The minimum absolute atomic E-state index is 1.11. The fraction of sp³-hybridized carbons (Fsp3) is 0. The second-order valence-corrected chi connectivity index (χ2v) is 15.7. The topological polar surface area (TPSA) is 11.4 Å². The van der Waals surface area contributed by atoms with Gasteiger partial charge in [-0.05, 0) is 118 Å². The molecule has 1 aromatic heterocycles. The van der Waals surface area contributed by atoms with Gasteiger partial charge in [0.25, 0.3) is 0 Å². The molecule has 0 atom stereocenters. The lowest BCUT2D eigenvalue weighted by Gasteiger charge is -2.34. The van der Waals surface area contributed by atoms with Gasteiger partial charge in [-0.3, -0.25) is 0 Å². The van der Waals surface area contributed by atoms with Crippen molar-refractivity contribution in [2.75, 3.05) is 9.80 Å². The fourth-order valence-electron chi connectivity index (χ4n) is 9.58. The molecule has 3 nitrogen and oxygen atoms in total. The van der Waals surface area contributed by atoms with Crippen LogP contribution in [0.3, 0.4) is 0 Å². The van der Waals surface area contributed by atoms with Gasteiger partial charge in [-0.2, -0.15) is 0 Å². The second kappa shape index (κ2) is 14.3. The van der Waals surface area contributed by atoms with E-state index in [1.807, 2.05) is 0 Å². The number of nitrogens with zero attached hydrogens (tertiary/aromatic N) is 3. The van der Waals surface area contributed by atoms with E-state index in [1.54, 1.807) is 0 Å².